The van der Waals surface area contributed by atoms with Crippen molar-refractivity contribution < 1.29 is 19.1 Å². The lowest BCUT2D eigenvalue weighted by Gasteiger charge is -2.18. The van der Waals surface area contributed by atoms with Gasteiger partial charge in [-0.1, -0.05) is 11.2 Å². The Bertz CT molecular complexity index is 491. The maximum atomic E-state index is 13.7. The molecule has 0 aliphatic carbocycles. The van der Waals surface area contributed by atoms with Gasteiger partial charge in [-0.3, -0.25) is 4.79 Å². The SMILES string of the molecule is COc1cccc(F)c1C(=O)N(C)CCC(N)=NO. The van der Waals surface area contributed by atoms with Crippen molar-refractivity contribution in [2.45, 2.75) is 6.42 Å². The van der Waals surface area contributed by atoms with Gasteiger partial charge in [0.15, 0.2) is 0 Å². The summed E-state index contributed by atoms with van der Waals surface area (Å²) in [6, 6.07) is 4.15. The Hall–Kier alpha value is -2.31. The van der Waals surface area contributed by atoms with Gasteiger partial charge in [-0.15, -0.1) is 0 Å². The summed E-state index contributed by atoms with van der Waals surface area (Å²) in [4.78, 5) is 13.4. The maximum absolute atomic E-state index is 13.7. The van der Waals surface area contributed by atoms with Gasteiger partial charge in [-0.05, 0) is 12.1 Å². The Kier molecular flexibility index (Phi) is 5.11. The number of hydrogen-bond donors (Lipinski definition) is 2. The van der Waals surface area contributed by atoms with E-state index in [0.717, 1.165) is 0 Å². The van der Waals surface area contributed by atoms with Gasteiger partial charge in [-0.25, -0.2) is 4.39 Å². The van der Waals surface area contributed by atoms with Crippen LogP contribution in [-0.4, -0.2) is 42.6 Å². The largest absolute Gasteiger partial charge is 0.496 e. The maximum Gasteiger partial charge on any atom is 0.260 e. The molecule has 0 aliphatic heterocycles. The van der Waals surface area contributed by atoms with Gasteiger partial charge in [0, 0.05) is 20.0 Å². The third-order valence-corrected chi connectivity index (χ3v) is 2.59. The molecule has 0 saturated carbocycles. The normalized spacial score (nSPS) is 11.2. The molecule has 1 amide bonds. The second-order valence-electron chi connectivity index (χ2n) is 3.89. The highest BCUT2D eigenvalue weighted by molar-refractivity contribution is 5.97. The molecule has 0 heterocycles. The Labute approximate surface area is 110 Å². The first-order valence-corrected chi connectivity index (χ1v) is 5.55. The lowest BCUT2D eigenvalue weighted by molar-refractivity contribution is 0.0790. The zero-order valence-electron chi connectivity index (χ0n) is 10.8. The summed E-state index contributed by atoms with van der Waals surface area (Å²) in [7, 11) is 2.86. The lowest BCUT2D eigenvalue weighted by atomic mass is 10.1. The van der Waals surface area contributed by atoms with Crippen molar-refractivity contribution in [1.29, 1.82) is 0 Å². The van der Waals surface area contributed by atoms with Crippen LogP contribution in [0.5, 0.6) is 5.75 Å². The zero-order chi connectivity index (χ0) is 14.4. The van der Waals surface area contributed by atoms with Crippen molar-refractivity contribution in [2.24, 2.45) is 10.9 Å². The number of nitrogens with two attached hydrogens (primary N) is 1. The van der Waals surface area contributed by atoms with E-state index >= 15 is 0 Å². The predicted molar refractivity (Wildman–Crippen MR) is 67.9 cm³/mol. The number of halogens is 1. The smallest absolute Gasteiger partial charge is 0.260 e. The average molecular weight is 269 g/mol. The van der Waals surface area contributed by atoms with E-state index in [1.54, 1.807) is 0 Å². The summed E-state index contributed by atoms with van der Waals surface area (Å²) in [5.41, 5.74) is 5.18. The van der Waals surface area contributed by atoms with Crippen LogP contribution in [0.25, 0.3) is 0 Å². The molecule has 0 aromatic heterocycles. The van der Waals surface area contributed by atoms with Gasteiger partial charge < -0.3 is 20.6 Å². The molecule has 19 heavy (non-hydrogen) atoms. The van der Waals surface area contributed by atoms with Gasteiger partial charge >= 0.3 is 0 Å². The van der Waals surface area contributed by atoms with E-state index in [1.807, 2.05) is 0 Å². The van der Waals surface area contributed by atoms with E-state index in [9.17, 15) is 9.18 Å². The number of carbonyl (C=O) groups excluding carboxylic acids is 1. The molecule has 1 rings (SSSR count). The first-order valence-electron chi connectivity index (χ1n) is 5.55. The highest BCUT2D eigenvalue weighted by Gasteiger charge is 2.20. The molecule has 7 heteroatoms. The topological polar surface area (TPSA) is 88.2 Å². The van der Waals surface area contributed by atoms with Crippen molar-refractivity contribution in [1.82, 2.24) is 4.90 Å². The Morgan fingerprint density at radius 2 is 2.26 bits per heavy atom. The number of ether oxygens (including phenoxy) is 1. The Morgan fingerprint density at radius 1 is 1.58 bits per heavy atom. The van der Waals surface area contributed by atoms with Gasteiger partial charge in [0.25, 0.3) is 5.91 Å². The molecular formula is C12H16FN3O3. The van der Waals surface area contributed by atoms with Crippen molar-refractivity contribution in [3.8, 4) is 5.75 Å². The molecule has 3 N–H and O–H groups in total. The molecule has 0 spiro atoms. The van der Waals surface area contributed by atoms with Crippen LogP contribution >= 0.6 is 0 Å². The van der Waals surface area contributed by atoms with Crippen molar-refractivity contribution >= 4 is 11.7 Å². The third-order valence-electron chi connectivity index (χ3n) is 2.59. The number of hydrogen-bond acceptors (Lipinski definition) is 4. The summed E-state index contributed by atoms with van der Waals surface area (Å²) in [5.74, 6) is -1.01. The lowest BCUT2D eigenvalue weighted by Crippen LogP contribution is -2.31. The van der Waals surface area contributed by atoms with Crippen LogP contribution in [0.2, 0.25) is 0 Å². The Morgan fingerprint density at radius 3 is 2.84 bits per heavy atom. The van der Waals surface area contributed by atoms with Crippen LogP contribution in [-0.2, 0) is 0 Å². The highest BCUT2D eigenvalue weighted by atomic mass is 19.1. The van der Waals surface area contributed by atoms with E-state index in [0.29, 0.717) is 0 Å². The van der Waals surface area contributed by atoms with E-state index in [1.165, 1.54) is 37.3 Å². The number of rotatable bonds is 5. The summed E-state index contributed by atoms with van der Waals surface area (Å²) >= 11 is 0. The van der Waals surface area contributed by atoms with Gasteiger partial charge in [-0.2, -0.15) is 0 Å². The number of amides is 1. The molecule has 0 radical (unpaired) electrons. The molecule has 6 nitrogen and oxygen atoms in total. The summed E-state index contributed by atoms with van der Waals surface area (Å²) < 4.78 is 18.7. The van der Waals surface area contributed by atoms with Gasteiger partial charge in [0.2, 0.25) is 0 Å². The number of nitrogens with zero attached hydrogens (tertiary/aromatic N) is 2. The number of methoxy groups -OCH3 is 1. The summed E-state index contributed by atoms with van der Waals surface area (Å²) in [6.45, 7) is 0.201. The van der Waals surface area contributed by atoms with Crippen LogP contribution in [0.4, 0.5) is 4.39 Å². The van der Waals surface area contributed by atoms with Crippen molar-refractivity contribution in [3.05, 3.63) is 29.6 Å². The zero-order valence-corrected chi connectivity index (χ0v) is 10.8. The fourth-order valence-electron chi connectivity index (χ4n) is 1.51. The van der Waals surface area contributed by atoms with Crippen LogP contribution in [0.1, 0.15) is 16.8 Å². The number of amidine groups is 1. The molecular weight excluding hydrogens is 253 g/mol. The first kappa shape index (κ1) is 14.7. The monoisotopic (exact) mass is 269 g/mol. The second kappa shape index (κ2) is 6.58. The van der Waals surface area contributed by atoms with Gasteiger partial charge in [0.1, 0.15) is 23.0 Å². The number of benzene rings is 1. The fourth-order valence-corrected chi connectivity index (χ4v) is 1.51. The van der Waals surface area contributed by atoms with Crippen LogP contribution in [0.3, 0.4) is 0 Å². The predicted octanol–water partition coefficient (Wildman–Crippen LogP) is 1.04. The second-order valence-corrected chi connectivity index (χ2v) is 3.89. The molecule has 104 valence electrons. The van der Waals surface area contributed by atoms with Crippen LogP contribution in [0, 0.1) is 5.82 Å². The minimum absolute atomic E-state index is 0.000138. The summed E-state index contributed by atoms with van der Waals surface area (Å²) in [5, 5.41) is 11.2. The Balaban J connectivity index is 2.88. The van der Waals surface area contributed by atoms with Crippen LogP contribution in [0.15, 0.2) is 23.4 Å². The molecule has 0 unspecified atom stereocenters. The molecule has 0 fully saturated rings. The molecule has 0 bridgehead atoms. The average Bonchev–Trinajstić information content (AvgIpc) is 2.43. The van der Waals surface area contributed by atoms with E-state index in [4.69, 9.17) is 15.7 Å². The summed E-state index contributed by atoms with van der Waals surface area (Å²) in [6.07, 6.45) is 0.190. The fraction of sp³-hybridized carbons (Fsp3) is 0.333. The van der Waals surface area contributed by atoms with E-state index < -0.39 is 11.7 Å². The molecule has 0 atom stereocenters. The molecule has 0 saturated heterocycles. The standard InChI is InChI=1S/C12H16FN3O3/c1-16(7-6-10(14)15-18)12(17)11-8(13)4-3-5-9(11)19-2/h3-5,18H,6-7H2,1-2H3,(H2,14,15). The minimum Gasteiger partial charge on any atom is -0.496 e. The number of oxime groups is 1. The third kappa shape index (κ3) is 3.57. The molecule has 0 aliphatic rings. The number of carbonyl (C=O) groups is 1. The minimum atomic E-state index is -0.653. The van der Waals surface area contributed by atoms with Crippen LogP contribution < -0.4 is 10.5 Å². The van der Waals surface area contributed by atoms with Gasteiger partial charge in [0.05, 0.1) is 7.11 Å². The molecule has 1 aromatic rings. The first-order chi connectivity index (χ1) is 9.01. The quantitative estimate of drug-likeness (QED) is 0.362. The molecule has 1 aromatic carbocycles. The van der Waals surface area contributed by atoms with E-state index in [2.05, 4.69) is 5.16 Å². The van der Waals surface area contributed by atoms with Crippen molar-refractivity contribution in [3.63, 3.8) is 0 Å². The highest BCUT2D eigenvalue weighted by Crippen LogP contribution is 2.22. The van der Waals surface area contributed by atoms with E-state index in [-0.39, 0.29) is 30.1 Å². The van der Waals surface area contributed by atoms with Crippen molar-refractivity contribution in [2.75, 3.05) is 20.7 Å².